The molecule has 106 valence electrons. The summed E-state index contributed by atoms with van der Waals surface area (Å²) in [5.41, 5.74) is 0.943. The molecule has 1 aromatic carbocycles. The molecule has 20 heavy (non-hydrogen) atoms. The molecule has 2 N–H and O–H groups in total. The molecule has 0 unspecified atom stereocenters. The van der Waals surface area contributed by atoms with E-state index in [-0.39, 0.29) is 5.91 Å². The zero-order chi connectivity index (χ0) is 13.8. The lowest BCUT2D eigenvalue weighted by molar-refractivity contribution is -0.113. The zero-order valence-corrected chi connectivity index (χ0v) is 12.7. The second-order valence-corrected chi connectivity index (χ2v) is 7.11. The highest BCUT2D eigenvalue weighted by atomic mass is 32.2. The van der Waals surface area contributed by atoms with Crippen LogP contribution in [0.4, 0.5) is 5.13 Å². The van der Waals surface area contributed by atoms with Gasteiger partial charge in [-0.25, -0.2) is 4.98 Å². The number of amides is 1. The lowest BCUT2D eigenvalue weighted by Crippen LogP contribution is -2.30. The fraction of sp³-hybridized carbons (Fsp3) is 0.429. The molecule has 0 aliphatic carbocycles. The van der Waals surface area contributed by atoms with Gasteiger partial charge in [-0.2, -0.15) is 0 Å². The van der Waals surface area contributed by atoms with E-state index in [1.165, 1.54) is 11.3 Å². The van der Waals surface area contributed by atoms with Gasteiger partial charge in [0.15, 0.2) is 5.13 Å². The predicted octanol–water partition coefficient (Wildman–Crippen LogP) is 2.72. The molecular formula is C14H17N3OS2. The van der Waals surface area contributed by atoms with E-state index in [2.05, 4.69) is 15.6 Å². The maximum absolute atomic E-state index is 12.0. The van der Waals surface area contributed by atoms with Crippen LogP contribution in [0.5, 0.6) is 0 Å². The Bertz CT molecular complexity index is 560. The number of thiazole rings is 1. The van der Waals surface area contributed by atoms with Crippen molar-refractivity contribution in [1.29, 1.82) is 0 Å². The Kier molecular flexibility index (Phi) is 4.54. The molecule has 0 radical (unpaired) electrons. The van der Waals surface area contributed by atoms with Crippen LogP contribution in [0.25, 0.3) is 10.2 Å². The Labute approximate surface area is 126 Å². The Balaban J connectivity index is 1.52. The van der Waals surface area contributed by atoms with Gasteiger partial charge in [-0.05, 0) is 38.1 Å². The number of nitrogens with zero attached hydrogens (tertiary/aromatic N) is 1. The number of fused-ring (bicyclic) bond motifs is 1. The smallest absolute Gasteiger partial charge is 0.236 e. The molecule has 1 fully saturated rings. The standard InChI is InChI=1S/C14H17N3OS2/c18-13(9-19-10-5-7-15-8-6-10)17-14-16-11-3-1-2-4-12(11)20-14/h1-4,10,15H,5-9H2,(H,16,17,18). The van der Waals surface area contributed by atoms with Gasteiger partial charge in [-0.3, -0.25) is 4.79 Å². The maximum atomic E-state index is 12.0. The van der Waals surface area contributed by atoms with E-state index in [1.807, 2.05) is 24.3 Å². The second kappa shape index (κ2) is 6.56. The average Bonchev–Trinajstić information content (AvgIpc) is 2.88. The van der Waals surface area contributed by atoms with Crippen LogP contribution in [0.15, 0.2) is 24.3 Å². The first kappa shape index (κ1) is 13.9. The number of aromatic nitrogens is 1. The number of hydrogen-bond acceptors (Lipinski definition) is 5. The predicted molar refractivity (Wildman–Crippen MR) is 86.6 cm³/mol. The first-order valence-electron chi connectivity index (χ1n) is 6.79. The number of carbonyl (C=O) groups excluding carboxylic acids is 1. The molecule has 1 saturated heterocycles. The van der Waals surface area contributed by atoms with Crippen LogP contribution in [0.1, 0.15) is 12.8 Å². The number of thioether (sulfide) groups is 1. The van der Waals surface area contributed by atoms with Crippen molar-refractivity contribution in [1.82, 2.24) is 10.3 Å². The highest BCUT2D eigenvalue weighted by molar-refractivity contribution is 8.00. The van der Waals surface area contributed by atoms with Gasteiger partial charge in [0, 0.05) is 5.25 Å². The number of para-hydroxylation sites is 1. The summed E-state index contributed by atoms with van der Waals surface area (Å²) in [6.45, 7) is 2.13. The molecule has 0 bridgehead atoms. The maximum Gasteiger partial charge on any atom is 0.236 e. The van der Waals surface area contributed by atoms with Crippen LogP contribution in [-0.2, 0) is 4.79 Å². The number of rotatable bonds is 4. The van der Waals surface area contributed by atoms with Gasteiger partial charge in [-0.1, -0.05) is 23.5 Å². The monoisotopic (exact) mass is 307 g/mol. The van der Waals surface area contributed by atoms with Crippen molar-refractivity contribution in [3.8, 4) is 0 Å². The van der Waals surface area contributed by atoms with Crippen LogP contribution >= 0.6 is 23.1 Å². The first-order valence-corrected chi connectivity index (χ1v) is 8.65. The van der Waals surface area contributed by atoms with E-state index in [1.54, 1.807) is 11.8 Å². The first-order chi connectivity index (χ1) is 9.81. The summed E-state index contributed by atoms with van der Waals surface area (Å²) in [7, 11) is 0. The number of carbonyl (C=O) groups is 1. The summed E-state index contributed by atoms with van der Waals surface area (Å²) in [5, 5.41) is 7.54. The molecule has 4 nitrogen and oxygen atoms in total. The van der Waals surface area contributed by atoms with E-state index in [0.717, 1.165) is 36.1 Å². The largest absolute Gasteiger partial charge is 0.317 e. The van der Waals surface area contributed by atoms with Gasteiger partial charge >= 0.3 is 0 Å². The lowest BCUT2D eigenvalue weighted by Gasteiger charge is -2.21. The minimum Gasteiger partial charge on any atom is -0.317 e. The summed E-state index contributed by atoms with van der Waals surface area (Å²) < 4.78 is 1.11. The Morgan fingerprint density at radius 1 is 1.40 bits per heavy atom. The third kappa shape index (κ3) is 3.50. The topological polar surface area (TPSA) is 54.0 Å². The van der Waals surface area contributed by atoms with Gasteiger partial charge in [0.25, 0.3) is 0 Å². The van der Waals surface area contributed by atoms with Crippen molar-refractivity contribution in [3.05, 3.63) is 24.3 Å². The molecule has 0 spiro atoms. The normalized spacial score (nSPS) is 16.4. The molecule has 1 aromatic heterocycles. The van der Waals surface area contributed by atoms with Crippen LogP contribution in [0.3, 0.4) is 0 Å². The van der Waals surface area contributed by atoms with Gasteiger partial charge < -0.3 is 10.6 Å². The van der Waals surface area contributed by atoms with Gasteiger partial charge in [0.2, 0.25) is 5.91 Å². The molecule has 3 rings (SSSR count). The molecular weight excluding hydrogens is 290 g/mol. The number of nitrogens with one attached hydrogen (secondary N) is 2. The Morgan fingerprint density at radius 3 is 3.00 bits per heavy atom. The highest BCUT2D eigenvalue weighted by Gasteiger charge is 2.15. The van der Waals surface area contributed by atoms with E-state index in [4.69, 9.17) is 0 Å². The molecule has 0 atom stereocenters. The van der Waals surface area contributed by atoms with Crippen LogP contribution in [0, 0.1) is 0 Å². The summed E-state index contributed by atoms with van der Waals surface area (Å²) in [5.74, 6) is 0.563. The van der Waals surface area contributed by atoms with Gasteiger partial charge in [-0.15, -0.1) is 11.8 Å². The van der Waals surface area contributed by atoms with Crippen LogP contribution < -0.4 is 10.6 Å². The van der Waals surface area contributed by atoms with Crippen molar-refractivity contribution >= 4 is 44.4 Å². The van der Waals surface area contributed by atoms with Crippen molar-refractivity contribution < 1.29 is 4.79 Å². The van der Waals surface area contributed by atoms with Crippen LogP contribution in [-0.4, -0.2) is 35.0 Å². The van der Waals surface area contributed by atoms with Crippen LogP contribution in [0.2, 0.25) is 0 Å². The number of benzene rings is 1. The molecule has 2 heterocycles. The minimum atomic E-state index is 0.0487. The molecule has 1 aliphatic rings. The van der Waals surface area contributed by atoms with Gasteiger partial charge in [0.1, 0.15) is 0 Å². The molecule has 1 aliphatic heterocycles. The van der Waals surface area contributed by atoms with Gasteiger partial charge in [0.05, 0.1) is 16.0 Å². The third-order valence-electron chi connectivity index (χ3n) is 3.28. The summed E-state index contributed by atoms with van der Waals surface area (Å²) in [6, 6.07) is 7.93. The van der Waals surface area contributed by atoms with E-state index in [9.17, 15) is 4.79 Å². The molecule has 1 amide bonds. The third-order valence-corrected chi connectivity index (χ3v) is 5.60. The Hall–Kier alpha value is -1.11. The molecule has 6 heteroatoms. The number of hydrogen-bond donors (Lipinski definition) is 2. The van der Waals surface area contributed by atoms with Crippen molar-refractivity contribution in [2.24, 2.45) is 0 Å². The summed E-state index contributed by atoms with van der Waals surface area (Å²) >= 11 is 3.28. The summed E-state index contributed by atoms with van der Waals surface area (Å²) in [4.78, 5) is 16.4. The molecule has 0 saturated carbocycles. The fourth-order valence-corrected chi connectivity index (χ4v) is 4.15. The number of piperidine rings is 1. The molecule has 2 aromatic rings. The Morgan fingerprint density at radius 2 is 2.20 bits per heavy atom. The van der Waals surface area contributed by atoms with E-state index < -0.39 is 0 Å². The average molecular weight is 307 g/mol. The van der Waals surface area contributed by atoms with E-state index in [0.29, 0.717) is 16.1 Å². The highest BCUT2D eigenvalue weighted by Crippen LogP contribution is 2.26. The quantitative estimate of drug-likeness (QED) is 0.912. The minimum absolute atomic E-state index is 0.0487. The second-order valence-electron chi connectivity index (χ2n) is 4.80. The van der Waals surface area contributed by atoms with Crippen molar-refractivity contribution in [2.75, 3.05) is 24.2 Å². The zero-order valence-electron chi connectivity index (χ0n) is 11.1. The fourth-order valence-electron chi connectivity index (χ4n) is 2.24. The number of anilines is 1. The van der Waals surface area contributed by atoms with Crippen molar-refractivity contribution in [3.63, 3.8) is 0 Å². The SMILES string of the molecule is O=C(CSC1CCNCC1)Nc1nc2ccccc2s1. The summed E-state index contributed by atoms with van der Waals surface area (Å²) in [6.07, 6.45) is 2.30. The van der Waals surface area contributed by atoms with E-state index >= 15 is 0 Å². The van der Waals surface area contributed by atoms with Crippen molar-refractivity contribution in [2.45, 2.75) is 18.1 Å². The lowest BCUT2D eigenvalue weighted by atomic mass is 10.2.